The molecule has 2 aliphatic rings. The lowest BCUT2D eigenvalue weighted by Crippen LogP contribution is -2.37. The van der Waals surface area contributed by atoms with E-state index in [9.17, 15) is 9.90 Å². The maximum absolute atomic E-state index is 12.2. The number of benzene rings is 1. The van der Waals surface area contributed by atoms with E-state index in [0.29, 0.717) is 12.6 Å². The molecule has 2 aliphatic carbocycles. The van der Waals surface area contributed by atoms with E-state index in [1.807, 2.05) is 24.3 Å². The van der Waals surface area contributed by atoms with Crippen LogP contribution in [0.15, 0.2) is 24.3 Å². The van der Waals surface area contributed by atoms with Crippen molar-refractivity contribution in [3.63, 3.8) is 0 Å². The van der Waals surface area contributed by atoms with Crippen molar-refractivity contribution >= 4 is 11.7 Å². The van der Waals surface area contributed by atoms with E-state index in [0.717, 1.165) is 37.1 Å². The molecule has 2 amide bonds. The van der Waals surface area contributed by atoms with Crippen molar-refractivity contribution in [2.75, 3.05) is 25.5 Å². The molecule has 0 atom stereocenters. The van der Waals surface area contributed by atoms with Crippen molar-refractivity contribution in [1.29, 1.82) is 0 Å². The number of hydrogen-bond acceptors (Lipinski definition) is 3. The van der Waals surface area contributed by atoms with Crippen molar-refractivity contribution in [3.8, 4) is 5.75 Å². The molecule has 0 aliphatic heterocycles. The van der Waals surface area contributed by atoms with Crippen LogP contribution in [0, 0.1) is 5.41 Å². The fourth-order valence-corrected chi connectivity index (χ4v) is 3.15. The Morgan fingerprint density at radius 1 is 1.30 bits per heavy atom. The summed E-state index contributed by atoms with van der Waals surface area (Å²) in [6.45, 7) is 0.746. The molecule has 0 aromatic heterocycles. The molecule has 5 heteroatoms. The smallest absolute Gasteiger partial charge is 0.321 e. The summed E-state index contributed by atoms with van der Waals surface area (Å²) in [5.41, 5.74) is 0.694. The highest BCUT2D eigenvalue weighted by atomic mass is 16.5. The Balaban J connectivity index is 1.50. The first-order valence-electron chi connectivity index (χ1n) is 8.50. The lowest BCUT2D eigenvalue weighted by atomic mass is 10.1. The van der Waals surface area contributed by atoms with Crippen molar-refractivity contribution in [2.45, 2.75) is 44.6 Å². The second-order valence-electron chi connectivity index (χ2n) is 6.99. The summed E-state index contributed by atoms with van der Waals surface area (Å²) in [6.07, 6.45) is 7.10. The molecule has 0 saturated heterocycles. The quantitative estimate of drug-likeness (QED) is 0.846. The normalized spacial score (nSPS) is 19.4. The van der Waals surface area contributed by atoms with Gasteiger partial charge in [0.15, 0.2) is 0 Å². The molecule has 1 aromatic rings. The van der Waals surface area contributed by atoms with E-state index < -0.39 is 0 Å². The molecule has 2 saturated carbocycles. The molecular formula is C18H26N2O3. The molecule has 2 fully saturated rings. The summed E-state index contributed by atoms with van der Waals surface area (Å²) in [7, 11) is 1.77. The molecule has 1 aromatic carbocycles. The molecule has 23 heavy (non-hydrogen) atoms. The van der Waals surface area contributed by atoms with Gasteiger partial charge in [0.2, 0.25) is 0 Å². The summed E-state index contributed by atoms with van der Waals surface area (Å²) in [5.74, 6) is 0.862. The van der Waals surface area contributed by atoms with E-state index in [2.05, 4.69) is 5.32 Å². The molecule has 0 spiro atoms. The van der Waals surface area contributed by atoms with Gasteiger partial charge < -0.3 is 20.1 Å². The van der Waals surface area contributed by atoms with Crippen LogP contribution < -0.4 is 10.1 Å². The number of nitrogens with one attached hydrogen (secondary N) is 1. The number of urea groups is 1. The summed E-state index contributed by atoms with van der Waals surface area (Å²) in [4.78, 5) is 13.8. The van der Waals surface area contributed by atoms with E-state index in [-0.39, 0.29) is 18.1 Å². The molecule has 126 valence electrons. The van der Waals surface area contributed by atoms with Gasteiger partial charge in [0.25, 0.3) is 0 Å². The van der Waals surface area contributed by atoms with Crippen LogP contribution in [0.25, 0.3) is 0 Å². The van der Waals surface area contributed by atoms with Crippen LogP contribution in [-0.4, -0.2) is 42.3 Å². The lowest BCUT2D eigenvalue weighted by Gasteiger charge is -2.23. The van der Waals surface area contributed by atoms with Gasteiger partial charge in [-0.1, -0.05) is 0 Å². The average Bonchev–Trinajstić information content (AvgIpc) is 3.14. The van der Waals surface area contributed by atoms with Gasteiger partial charge in [-0.3, -0.25) is 0 Å². The summed E-state index contributed by atoms with van der Waals surface area (Å²) in [5, 5.41) is 12.2. The minimum absolute atomic E-state index is 0.0644. The number of aliphatic hydroxyl groups excluding tert-OH is 1. The predicted molar refractivity (Wildman–Crippen MR) is 89.7 cm³/mol. The Kier molecular flexibility index (Phi) is 4.76. The zero-order chi connectivity index (χ0) is 16.3. The second kappa shape index (κ2) is 6.79. The summed E-state index contributed by atoms with van der Waals surface area (Å²) in [6, 6.07) is 7.41. The molecular weight excluding hydrogens is 292 g/mol. The van der Waals surface area contributed by atoms with Gasteiger partial charge in [-0.2, -0.15) is 0 Å². The first kappa shape index (κ1) is 16.1. The number of nitrogens with zero attached hydrogens (tertiary/aromatic N) is 1. The predicted octanol–water partition coefficient (Wildman–Crippen LogP) is 3.24. The van der Waals surface area contributed by atoms with Crippen LogP contribution in [-0.2, 0) is 0 Å². The Hall–Kier alpha value is -1.75. The van der Waals surface area contributed by atoms with Gasteiger partial charge in [-0.05, 0) is 62.8 Å². The third-order valence-electron chi connectivity index (χ3n) is 4.92. The lowest BCUT2D eigenvalue weighted by molar-refractivity contribution is 0.168. The molecule has 3 rings (SSSR count). The van der Waals surface area contributed by atoms with E-state index in [4.69, 9.17) is 4.74 Å². The fourth-order valence-electron chi connectivity index (χ4n) is 3.15. The van der Waals surface area contributed by atoms with Crippen LogP contribution in [0.3, 0.4) is 0 Å². The first-order valence-corrected chi connectivity index (χ1v) is 8.50. The molecule has 0 radical (unpaired) electrons. The van der Waals surface area contributed by atoms with Crippen molar-refractivity contribution in [1.82, 2.24) is 4.90 Å². The minimum Gasteiger partial charge on any atom is -0.490 e. The van der Waals surface area contributed by atoms with Crippen molar-refractivity contribution in [3.05, 3.63) is 24.3 Å². The Morgan fingerprint density at radius 3 is 2.52 bits per heavy atom. The molecule has 0 unspecified atom stereocenters. The third kappa shape index (κ3) is 4.16. The highest BCUT2D eigenvalue weighted by Gasteiger charge is 2.43. The largest absolute Gasteiger partial charge is 0.490 e. The van der Waals surface area contributed by atoms with Crippen LogP contribution in [0.1, 0.15) is 38.5 Å². The summed E-state index contributed by atoms with van der Waals surface area (Å²) >= 11 is 0. The number of carbonyl (C=O) groups is 1. The topological polar surface area (TPSA) is 61.8 Å². The molecule has 5 nitrogen and oxygen atoms in total. The zero-order valence-corrected chi connectivity index (χ0v) is 13.8. The average molecular weight is 318 g/mol. The number of hydrogen-bond donors (Lipinski definition) is 2. The fraction of sp³-hybridized carbons (Fsp3) is 0.611. The van der Waals surface area contributed by atoms with E-state index in [1.54, 1.807) is 11.9 Å². The highest BCUT2D eigenvalue weighted by molar-refractivity contribution is 5.89. The molecule has 0 bridgehead atoms. The number of carbonyl (C=O) groups excluding carboxylic acids is 1. The molecule has 2 N–H and O–H groups in total. The van der Waals surface area contributed by atoms with Crippen molar-refractivity contribution in [2.24, 2.45) is 5.41 Å². The highest BCUT2D eigenvalue weighted by Crippen LogP contribution is 2.45. The van der Waals surface area contributed by atoms with Crippen LogP contribution in [0.2, 0.25) is 0 Å². The second-order valence-corrected chi connectivity index (χ2v) is 6.99. The maximum Gasteiger partial charge on any atom is 0.321 e. The molecule has 0 heterocycles. The van der Waals surface area contributed by atoms with Crippen molar-refractivity contribution < 1.29 is 14.6 Å². The summed E-state index contributed by atoms with van der Waals surface area (Å²) < 4.78 is 5.92. The van der Waals surface area contributed by atoms with Crippen LogP contribution in [0.5, 0.6) is 5.75 Å². The van der Waals surface area contributed by atoms with Gasteiger partial charge in [0, 0.05) is 24.7 Å². The van der Waals surface area contributed by atoms with Gasteiger partial charge >= 0.3 is 6.03 Å². The number of rotatable bonds is 6. The Bertz CT molecular complexity index is 534. The van der Waals surface area contributed by atoms with Crippen LogP contribution >= 0.6 is 0 Å². The monoisotopic (exact) mass is 318 g/mol. The number of aliphatic hydroxyl groups is 1. The minimum atomic E-state index is -0.144. The Morgan fingerprint density at radius 2 is 1.96 bits per heavy atom. The van der Waals surface area contributed by atoms with Gasteiger partial charge in [-0.25, -0.2) is 4.79 Å². The number of amides is 2. The standard InChI is InChI=1S/C18H26N2O3/c1-20(12-18(13-21)10-11-18)17(22)19-14-6-8-16(9-7-14)23-15-4-2-3-5-15/h6-9,15,21H,2-5,10-13H2,1H3,(H,19,22). The van der Waals surface area contributed by atoms with Gasteiger partial charge in [0.1, 0.15) is 5.75 Å². The van der Waals surface area contributed by atoms with Gasteiger partial charge in [0.05, 0.1) is 12.7 Å². The SMILES string of the molecule is CN(CC1(CO)CC1)C(=O)Nc1ccc(OC2CCCC2)cc1. The van der Waals surface area contributed by atoms with Gasteiger partial charge in [-0.15, -0.1) is 0 Å². The third-order valence-corrected chi connectivity index (χ3v) is 4.92. The number of anilines is 1. The Labute approximate surface area is 137 Å². The van der Waals surface area contributed by atoms with Crippen LogP contribution in [0.4, 0.5) is 10.5 Å². The van der Waals surface area contributed by atoms with E-state index in [1.165, 1.54) is 12.8 Å². The maximum atomic E-state index is 12.2. The number of ether oxygens (including phenoxy) is 1. The van der Waals surface area contributed by atoms with E-state index >= 15 is 0 Å². The zero-order valence-electron chi connectivity index (χ0n) is 13.8. The first-order chi connectivity index (χ1) is 11.1.